The van der Waals surface area contributed by atoms with Gasteiger partial charge in [-0.3, -0.25) is 0 Å². The summed E-state index contributed by atoms with van der Waals surface area (Å²) < 4.78 is 40.3. The van der Waals surface area contributed by atoms with E-state index in [1.165, 1.54) is 0 Å². The van der Waals surface area contributed by atoms with Gasteiger partial charge < -0.3 is 10.4 Å². The molecule has 0 spiro atoms. The van der Waals surface area contributed by atoms with E-state index in [4.69, 9.17) is 23.8 Å². The van der Waals surface area contributed by atoms with E-state index in [0.717, 1.165) is 0 Å². The van der Waals surface area contributed by atoms with Crippen molar-refractivity contribution in [2.24, 2.45) is 10.5 Å². The van der Waals surface area contributed by atoms with Crippen molar-refractivity contribution >= 4 is 40.3 Å². The van der Waals surface area contributed by atoms with Crippen molar-refractivity contribution in [2.75, 3.05) is 5.32 Å². The zero-order valence-electron chi connectivity index (χ0n) is 13.3. The minimum Gasteiger partial charge on any atom is -0.362 e. The van der Waals surface area contributed by atoms with Crippen molar-refractivity contribution in [3.8, 4) is 0 Å². The van der Waals surface area contributed by atoms with Gasteiger partial charge >= 0.3 is 6.18 Å². The summed E-state index contributed by atoms with van der Waals surface area (Å²) in [5, 5.41) is 17.4. The zero-order chi connectivity index (χ0) is 18.3. The highest BCUT2D eigenvalue weighted by Gasteiger charge is 2.63. The second-order valence-electron chi connectivity index (χ2n) is 6.54. The van der Waals surface area contributed by atoms with Crippen molar-refractivity contribution in [3.63, 3.8) is 0 Å². The number of nitrogens with one attached hydrogen (secondary N) is 1. The highest BCUT2D eigenvalue weighted by Crippen LogP contribution is 2.43. The molecule has 0 radical (unpaired) electrons. The summed E-state index contributed by atoms with van der Waals surface area (Å²) in [5.41, 5.74) is -3.16. The van der Waals surface area contributed by atoms with Gasteiger partial charge in [0.15, 0.2) is 5.11 Å². The Kier molecular flexibility index (Phi) is 4.87. The largest absolute Gasteiger partial charge is 0.438 e. The third-order valence-electron chi connectivity index (χ3n) is 3.59. The summed E-state index contributed by atoms with van der Waals surface area (Å²) in [6, 6.07) is 6.25. The van der Waals surface area contributed by atoms with E-state index in [1.807, 2.05) is 0 Å². The Morgan fingerprint density at radius 2 is 1.83 bits per heavy atom. The Balaban J connectivity index is 2.33. The number of thiocarbonyl (C=S) groups is 1. The molecule has 0 saturated carbocycles. The van der Waals surface area contributed by atoms with E-state index in [-0.39, 0.29) is 10.8 Å². The van der Waals surface area contributed by atoms with Gasteiger partial charge in [-0.15, -0.1) is 0 Å². The highest BCUT2D eigenvalue weighted by molar-refractivity contribution is 7.80. The molecule has 0 saturated heterocycles. The van der Waals surface area contributed by atoms with Gasteiger partial charge in [0.25, 0.3) is 5.72 Å². The quantitative estimate of drug-likeness (QED) is 0.710. The first-order chi connectivity index (χ1) is 10.8. The summed E-state index contributed by atoms with van der Waals surface area (Å²) in [4.78, 5) is 0. The van der Waals surface area contributed by atoms with Crippen LogP contribution in [0.1, 0.15) is 27.2 Å². The lowest BCUT2D eigenvalue weighted by molar-refractivity contribution is -0.294. The Morgan fingerprint density at radius 3 is 2.29 bits per heavy atom. The van der Waals surface area contributed by atoms with Crippen LogP contribution < -0.4 is 5.32 Å². The number of rotatable bonds is 1. The Labute approximate surface area is 148 Å². The molecule has 9 heteroatoms. The molecule has 0 bridgehead atoms. The van der Waals surface area contributed by atoms with Gasteiger partial charge in [0.1, 0.15) is 0 Å². The third-order valence-corrected chi connectivity index (χ3v) is 4.12. The molecule has 1 aliphatic heterocycles. The van der Waals surface area contributed by atoms with Crippen LogP contribution in [0.5, 0.6) is 0 Å². The lowest BCUT2D eigenvalue weighted by Gasteiger charge is -2.34. The number of aliphatic hydroxyl groups is 1. The van der Waals surface area contributed by atoms with Crippen molar-refractivity contribution < 1.29 is 18.3 Å². The van der Waals surface area contributed by atoms with E-state index < -0.39 is 23.7 Å². The van der Waals surface area contributed by atoms with Crippen LogP contribution in [0.4, 0.5) is 18.9 Å². The number of hydrazone groups is 1. The number of hydrogen-bond donors (Lipinski definition) is 2. The van der Waals surface area contributed by atoms with Crippen molar-refractivity contribution in [3.05, 3.63) is 29.3 Å². The Bertz CT molecular complexity index is 670. The third kappa shape index (κ3) is 3.65. The van der Waals surface area contributed by atoms with Crippen molar-refractivity contribution in [1.29, 1.82) is 0 Å². The predicted octanol–water partition coefficient (Wildman–Crippen LogP) is 4.40. The maximum atomic E-state index is 13.4. The average Bonchev–Trinajstić information content (AvgIpc) is 2.80. The average molecular weight is 380 g/mol. The second-order valence-corrected chi connectivity index (χ2v) is 7.36. The Morgan fingerprint density at radius 1 is 1.29 bits per heavy atom. The smallest absolute Gasteiger partial charge is 0.362 e. The van der Waals surface area contributed by atoms with E-state index >= 15 is 0 Å². The fourth-order valence-electron chi connectivity index (χ4n) is 2.11. The maximum absolute atomic E-state index is 13.4. The van der Waals surface area contributed by atoms with Gasteiger partial charge in [-0.2, -0.15) is 23.3 Å². The van der Waals surface area contributed by atoms with Crippen LogP contribution in [-0.4, -0.2) is 32.8 Å². The van der Waals surface area contributed by atoms with Gasteiger partial charge in [0.05, 0.1) is 0 Å². The lowest BCUT2D eigenvalue weighted by atomic mass is 9.86. The molecule has 1 heterocycles. The summed E-state index contributed by atoms with van der Waals surface area (Å²) in [6.45, 7) is 5.17. The molecule has 132 valence electrons. The number of halogens is 4. The van der Waals surface area contributed by atoms with Crippen LogP contribution >= 0.6 is 23.8 Å². The monoisotopic (exact) mass is 379 g/mol. The first-order valence-corrected chi connectivity index (χ1v) is 7.87. The summed E-state index contributed by atoms with van der Waals surface area (Å²) in [6.07, 6.45) is -5.59. The topological polar surface area (TPSA) is 47.9 Å². The van der Waals surface area contributed by atoms with E-state index in [1.54, 1.807) is 45.0 Å². The number of hydrogen-bond acceptors (Lipinski definition) is 3. The standard InChI is InChI=1S/C15H17ClF3N3OS/c1-13(2,3)11-8-14(23,15(17,18)19)22(21-11)12(24)20-10-6-4-9(16)5-7-10/h4-7,23H,8H2,1-3H3,(H,20,24). The van der Waals surface area contributed by atoms with Gasteiger partial charge in [-0.05, 0) is 36.5 Å². The normalized spacial score (nSPS) is 21.7. The van der Waals surface area contributed by atoms with Crippen molar-refractivity contribution in [2.45, 2.75) is 39.1 Å². The van der Waals surface area contributed by atoms with E-state index in [0.29, 0.717) is 15.7 Å². The van der Waals surface area contributed by atoms with E-state index in [9.17, 15) is 18.3 Å². The molecule has 0 aromatic heterocycles. The second kappa shape index (κ2) is 6.16. The maximum Gasteiger partial charge on any atom is 0.438 e. The Hall–Kier alpha value is -1.38. The molecule has 0 amide bonds. The fourth-order valence-corrected chi connectivity index (χ4v) is 2.54. The minimum absolute atomic E-state index is 0.211. The number of benzene rings is 1. The first kappa shape index (κ1) is 19.0. The summed E-state index contributed by atoms with van der Waals surface area (Å²) in [7, 11) is 0. The van der Waals surface area contributed by atoms with Crippen LogP contribution in [0.25, 0.3) is 0 Å². The molecule has 1 aromatic rings. The van der Waals surface area contributed by atoms with Gasteiger partial charge in [-0.25, -0.2) is 0 Å². The van der Waals surface area contributed by atoms with Gasteiger partial charge in [-0.1, -0.05) is 32.4 Å². The zero-order valence-corrected chi connectivity index (χ0v) is 14.9. The van der Waals surface area contributed by atoms with Crippen LogP contribution in [0.15, 0.2) is 29.4 Å². The summed E-state index contributed by atoms with van der Waals surface area (Å²) >= 11 is 10.8. The molecule has 2 N–H and O–H groups in total. The fraction of sp³-hybridized carbons (Fsp3) is 0.467. The molecule has 1 unspecified atom stereocenters. The highest BCUT2D eigenvalue weighted by atomic mass is 35.5. The molecule has 24 heavy (non-hydrogen) atoms. The molecule has 0 fully saturated rings. The van der Waals surface area contributed by atoms with Gasteiger partial charge in [0, 0.05) is 28.3 Å². The molecule has 1 atom stereocenters. The molecule has 4 nitrogen and oxygen atoms in total. The summed E-state index contributed by atoms with van der Waals surface area (Å²) in [5.74, 6) is 0. The van der Waals surface area contributed by atoms with Crippen LogP contribution in [0.2, 0.25) is 5.02 Å². The number of nitrogens with zero attached hydrogens (tertiary/aromatic N) is 2. The van der Waals surface area contributed by atoms with Crippen molar-refractivity contribution in [1.82, 2.24) is 5.01 Å². The molecular formula is C15H17ClF3N3OS. The number of alkyl halides is 3. The van der Waals surface area contributed by atoms with Crippen LogP contribution in [0.3, 0.4) is 0 Å². The molecule has 0 aliphatic carbocycles. The predicted molar refractivity (Wildman–Crippen MR) is 92.0 cm³/mol. The van der Waals surface area contributed by atoms with Crippen LogP contribution in [0, 0.1) is 5.41 Å². The first-order valence-electron chi connectivity index (χ1n) is 7.08. The van der Waals surface area contributed by atoms with Gasteiger partial charge in [0.2, 0.25) is 0 Å². The van der Waals surface area contributed by atoms with Crippen LogP contribution in [-0.2, 0) is 0 Å². The molecule has 2 rings (SSSR count). The molecule has 1 aliphatic rings. The molecular weight excluding hydrogens is 363 g/mol. The SMILES string of the molecule is CC(C)(C)C1=NN(C(=S)Nc2ccc(Cl)cc2)C(O)(C(F)(F)F)C1. The number of anilines is 1. The van der Waals surface area contributed by atoms with E-state index in [2.05, 4.69) is 10.4 Å². The molecule has 1 aromatic carbocycles. The lowest BCUT2D eigenvalue weighted by Crippen LogP contribution is -2.57. The minimum atomic E-state index is -4.92.